The second kappa shape index (κ2) is 9.64. The molecule has 3 rings (SSSR count). The van der Waals surface area contributed by atoms with Crippen LogP contribution in [-0.2, 0) is 21.2 Å². The lowest BCUT2D eigenvalue weighted by Crippen LogP contribution is -2.46. The molecule has 2 aliphatic heterocycles. The molecule has 2 fully saturated rings. The Morgan fingerprint density at radius 1 is 1.00 bits per heavy atom. The summed E-state index contributed by atoms with van der Waals surface area (Å²) in [5, 5.41) is 6.26. The summed E-state index contributed by atoms with van der Waals surface area (Å²) in [7, 11) is -3.41. The average Bonchev–Trinajstić information content (AvgIpc) is 2.70. The molecule has 2 aliphatic rings. The molecule has 0 aromatic heterocycles. The van der Waals surface area contributed by atoms with Crippen molar-refractivity contribution in [2.24, 2.45) is 0 Å². The van der Waals surface area contributed by atoms with Crippen molar-refractivity contribution in [2.45, 2.75) is 30.6 Å². The number of piperazine rings is 1. The van der Waals surface area contributed by atoms with Crippen LogP contribution in [0.25, 0.3) is 0 Å². The Bertz CT molecular complexity index is 709. The predicted octanol–water partition coefficient (Wildman–Crippen LogP) is 0.425. The molecule has 2 N–H and O–H groups in total. The van der Waals surface area contributed by atoms with E-state index in [1.165, 1.54) is 0 Å². The van der Waals surface area contributed by atoms with Crippen molar-refractivity contribution < 1.29 is 13.2 Å². The standard InChI is InChI=1S/C19H30N4O3S/c24-19(21-10-15-22-13-8-20-9-14-22)16-17-4-6-18(7-5-17)27(25,26)23-11-2-1-3-12-23/h4-7,20H,1-3,8-16H2,(H,21,24). The van der Waals surface area contributed by atoms with E-state index in [9.17, 15) is 13.2 Å². The van der Waals surface area contributed by atoms with Gasteiger partial charge in [-0.05, 0) is 30.5 Å². The number of hydrogen-bond donors (Lipinski definition) is 2. The van der Waals surface area contributed by atoms with Gasteiger partial charge in [-0.2, -0.15) is 4.31 Å². The molecule has 2 heterocycles. The Labute approximate surface area is 162 Å². The van der Waals surface area contributed by atoms with Crippen molar-refractivity contribution in [3.05, 3.63) is 29.8 Å². The van der Waals surface area contributed by atoms with Crippen molar-refractivity contribution in [2.75, 3.05) is 52.4 Å². The van der Waals surface area contributed by atoms with E-state index in [1.807, 2.05) is 0 Å². The number of amides is 1. The fourth-order valence-corrected chi connectivity index (χ4v) is 5.09. The number of carbonyl (C=O) groups excluding carboxylic acids is 1. The molecule has 1 amide bonds. The first-order valence-electron chi connectivity index (χ1n) is 9.84. The molecule has 0 spiro atoms. The van der Waals surface area contributed by atoms with E-state index in [4.69, 9.17) is 0 Å². The van der Waals surface area contributed by atoms with E-state index >= 15 is 0 Å². The van der Waals surface area contributed by atoms with Crippen molar-refractivity contribution in [3.8, 4) is 0 Å². The number of rotatable bonds is 7. The molecular weight excluding hydrogens is 364 g/mol. The minimum Gasteiger partial charge on any atom is -0.355 e. The molecule has 2 saturated heterocycles. The number of benzene rings is 1. The molecule has 8 heteroatoms. The lowest BCUT2D eigenvalue weighted by molar-refractivity contribution is -0.120. The third-order valence-corrected chi connectivity index (χ3v) is 7.11. The summed E-state index contributed by atoms with van der Waals surface area (Å²) >= 11 is 0. The molecule has 0 saturated carbocycles. The monoisotopic (exact) mass is 394 g/mol. The van der Waals surface area contributed by atoms with E-state index in [2.05, 4.69) is 15.5 Å². The van der Waals surface area contributed by atoms with Gasteiger partial charge < -0.3 is 10.6 Å². The highest BCUT2D eigenvalue weighted by atomic mass is 32.2. The van der Waals surface area contributed by atoms with Crippen LogP contribution in [-0.4, -0.2) is 75.9 Å². The Morgan fingerprint density at radius 3 is 2.33 bits per heavy atom. The molecule has 27 heavy (non-hydrogen) atoms. The maximum absolute atomic E-state index is 12.6. The molecule has 7 nitrogen and oxygen atoms in total. The van der Waals surface area contributed by atoms with Gasteiger partial charge in [0.1, 0.15) is 0 Å². The number of nitrogens with zero attached hydrogens (tertiary/aromatic N) is 2. The van der Waals surface area contributed by atoms with Gasteiger partial charge in [-0.15, -0.1) is 0 Å². The van der Waals surface area contributed by atoms with Gasteiger partial charge in [0.15, 0.2) is 0 Å². The summed E-state index contributed by atoms with van der Waals surface area (Å²) < 4.78 is 26.9. The summed E-state index contributed by atoms with van der Waals surface area (Å²) in [4.78, 5) is 14.8. The van der Waals surface area contributed by atoms with Gasteiger partial charge in [-0.1, -0.05) is 18.6 Å². The zero-order chi connectivity index (χ0) is 19.1. The second-order valence-corrected chi connectivity index (χ2v) is 9.17. The average molecular weight is 395 g/mol. The third kappa shape index (κ3) is 5.75. The summed E-state index contributed by atoms with van der Waals surface area (Å²) in [6.07, 6.45) is 3.21. The zero-order valence-corrected chi connectivity index (χ0v) is 16.6. The first-order chi connectivity index (χ1) is 13.1. The Morgan fingerprint density at radius 2 is 1.67 bits per heavy atom. The van der Waals surface area contributed by atoms with Gasteiger partial charge in [-0.3, -0.25) is 9.69 Å². The maximum atomic E-state index is 12.6. The summed E-state index contributed by atoms with van der Waals surface area (Å²) in [5.41, 5.74) is 0.826. The number of nitrogens with one attached hydrogen (secondary N) is 2. The minimum absolute atomic E-state index is 0.0308. The van der Waals surface area contributed by atoms with Crippen molar-refractivity contribution in [1.82, 2.24) is 19.8 Å². The smallest absolute Gasteiger partial charge is 0.243 e. The van der Waals surface area contributed by atoms with Crippen molar-refractivity contribution in [1.29, 1.82) is 0 Å². The molecule has 0 atom stereocenters. The first-order valence-corrected chi connectivity index (χ1v) is 11.3. The normalized spacial score (nSPS) is 19.7. The Kier molecular flexibility index (Phi) is 7.23. The lowest BCUT2D eigenvalue weighted by Gasteiger charge is -2.27. The SMILES string of the molecule is O=C(Cc1ccc(S(=O)(=O)N2CCCCC2)cc1)NCCN1CCNCC1. The molecule has 0 radical (unpaired) electrons. The number of hydrogen-bond acceptors (Lipinski definition) is 5. The van der Waals surface area contributed by atoms with Crippen LogP contribution >= 0.6 is 0 Å². The predicted molar refractivity (Wildman–Crippen MR) is 105 cm³/mol. The third-order valence-electron chi connectivity index (χ3n) is 5.20. The molecule has 1 aromatic carbocycles. The van der Waals surface area contributed by atoms with Crippen LogP contribution in [0, 0.1) is 0 Å². The second-order valence-electron chi connectivity index (χ2n) is 7.23. The molecule has 0 aliphatic carbocycles. The van der Waals surface area contributed by atoms with Gasteiger partial charge in [0, 0.05) is 52.4 Å². The van der Waals surface area contributed by atoms with Crippen LogP contribution in [0.1, 0.15) is 24.8 Å². The zero-order valence-electron chi connectivity index (χ0n) is 15.8. The van der Waals surface area contributed by atoms with Crippen LogP contribution in [0.5, 0.6) is 0 Å². The van der Waals surface area contributed by atoms with Crippen LogP contribution in [0.15, 0.2) is 29.2 Å². The fourth-order valence-electron chi connectivity index (χ4n) is 3.57. The quantitative estimate of drug-likeness (QED) is 0.701. The fraction of sp³-hybridized carbons (Fsp3) is 0.632. The van der Waals surface area contributed by atoms with Crippen LogP contribution in [0.4, 0.5) is 0 Å². The highest BCUT2D eigenvalue weighted by Crippen LogP contribution is 2.20. The lowest BCUT2D eigenvalue weighted by atomic mass is 10.1. The van der Waals surface area contributed by atoms with Gasteiger partial charge >= 0.3 is 0 Å². The van der Waals surface area contributed by atoms with E-state index in [0.717, 1.165) is 57.5 Å². The van der Waals surface area contributed by atoms with Crippen molar-refractivity contribution in [3.63, 3.8) is 0 Å². The summed E-state index contributed by atoms with van der Waals surface area (Å²) in [5.74, 6) is -0.0308. The van der Waals surface area contributed by atoms with Crippen LogP contribution < -0.4 is 10.6 Å². The van der Waals surface area contributed by atoms with Crippen LogP contribution in [0.3, 0.4) is 0 Å². The Hall–Kier alpha value is -1.48. The van der Waals surface area contributed by atoms with Crippen LogP contribution in [0.2, 0.25) is 0 Å². The number of sulfonamides is 1. The molecule has 1 aromatic rings. The maximum Gasteiger partial charge on any atom is 0.243 e. The van der Waals surface area contributed by atoms with Gasteiger partial charge in [0.2, 0.25) is 15.9 Å². The van der Waals surface area contributed by atoms with Gasteiger partial charge in [0.25, 0.3) is 0 Å². The van der Waals surface area contributed by atoms with E-state index in [-0.39, 0.29) is 12.3 Å². The number of piperidine rings is 1. The molecular formula is C19H30N4O3S. The molecule has 0 bridgehead atoms. The molecule has 150 valence electrons. The largest absolute Gasteiger partial charge is 0.355 e. The van der Waals surface area contributed by atoms with E-state index in [0.29, 0.717) is 24.5 Å². The highest BCUT2D eigenvalue weighted by molar-refractivity contribution is 7.89. The highest BCUT2D eigenvalue weighted by Gasteiger charge is 2.25. The Balaban J connectivity index is 1.47. The topological polar surface area (TPSA) is 81.8 Å². The molecule has 0 unspecified atom stereocenters. The minimum atomic E-state index is -3.41. The van der Waals surface area contributed by atoms with Crippen molar-refractivity contribution >= 4 is 15.9 Å². The first kappa shape index (κ1) is 20.3. The van der Waals surface area contributed by atoms with E-state index in [1.54, 1.807) is 28.6 Å². The summed E-state index contributed by atoms with van der Waals surface area (Å²) in [6.45, 7) is 6.73. The van der Waals surface area contributed by atoms with E-state index < -0.39 is 10.0 Å². The number of carbonyl (C=O) groups is 1. The summed E-state index contributed by atoms with van der Waals surface area (Å²) in [6, 6.07) is 6.72. The van der Waals surface area contributed by atoms with Gasteiger partial charge in [0.05, 0.1) is 11.3 Å². The van der Waals surface area contributed by atoms with Gasteiger partial charge in [-0.25, -0.2) is 8.42 Å².